The Bertz CT molecular complexity index is 980. The van der Waals surface area contributed by atoms with Crippen LogP contribution in [-0.2, 0) is 6.42 Å². The topological polar surface area (TPSA) is 106 Å². The van der Waals surface area contributed by atoms with Gasteiger partial charge in [0.1, 0.15) is 15.6 Å². The lowest BCUT2D eigenvalue weighted by atomic mass is 10.1. The summed E-state index contributed by atoms with van der Waals surface area (Å²) in [5.74, 6) is 0.255. The molecule has 1 atom stereocenters. The van der Waals surface area contributed by atoms with Crippen LogP contribution in [0.25, 0.3) is 10.7 Å². The number of carbonyl (C=O) groups is 1. The van der Waals surface area contributed by atoms with Crippen molar-refractivity contribution in [2.24, 2.45) is 5.73 Å². The zero-order valence-electron chi connectivity index (χ0n) is 14.9. The van der Waals surface area contributed by atoms with E-state index in [0.29, 0.717) is 38.0 Å². The minimum absolute atomic E-state index is 0.234. The summed E-state index contributed by atoms with van der Waals surface area (Å²) in [6, 6.07) is 6.87. The highest BCUT2D eigenvalue weighted by Crippen LogP contribution is 2.25. The summed E-state index contributed by atoms with van der Waals surface area (Å²) in [4.78, 5) is 25.8. The highest BCUT2D eigenvalue weighted by atomic mass is 35.5. The first kappa shape index (κ1) is 20.5. The second kappa shape index (κ2) is 9.29. The van der Waals surface area contributed by atoms with Crippen molar-refractivity contribution in [3.05, 3.63) is 57.1 Å². The molecule has 0 saturated heterocycles. The Hall–Kier alpha value is -2.26. The molecular formula is C18H18Cl2N6OS. The molecule has 3 rings (SSSR count). The van der Waals surface area contributed by atoms with Gasteiger partial charge in [0.05, 0.1) is 16.2 Å². The van der Waals surface area contributed by atoms with Gasteiger partial charge in [0.2, 0.25) is 5.95 Å². The number of nitrogens with two attached hydrogens (primary N) is 1. The number of thiazole rings is 1. The quantitative estimate of drug-likeness (QED) is 0.524. The van der Waals surface area contributed by atoms with E-state index in [1.54, 1.807) is 31.4 Å². The summed E-state index contributed by atoms with van der Waals surface area (Å²) >= 11 is 13.3. The number of hydrogen-bond donors (Lipinski definition) is 3. The van der Waals surface area contributed by atoms with E-state index in [0.717, 1.165) is 5.56 Å². The zero-order chi connectivity index (χ0) is 20.1. The molecule has 2 aromatic heterocycles. The number of nitrogens with zero attached hydrogens (tertiary/aromatic N) is 3. The van der Waals surface area contributed by atoms with Gasteiger partial charge in [0.25, 0.3) is 5.91 Å². The molecule has 0 fully saturated rings. The van der Waals surface area contributed by atoms with Crippen LogP contribution in [0.3, 0.4) is 0 Å². The predicted octanol–water partition coefficient (Wildman–Crippen LogP) is 3.25. The lowest BCUT2D eigenvalue weighted by Gasteiger charge is -2.16. The van der Waals surface area contributed by atoms with Crippen molar-refractivity contribution in [1.82, 2.24) is 20.3 Å². The molecule has 146 valence electrons. The molecule has 1 amide bonds. The summed E-state index contributed by atoms with van der Waals surface area (Å²) in [6.45, 7) is 0.287. The number of rotatable bonds is 7. The van der Waals surface area contributed by atoms with Crippen LogP contribution in [0.1, 0.15) is 15.2 Å². The third kappa shape index (κ3) is 4.96. The predicted molar refractivity (Wildman–Crippen MR) is 113 cm³/mol. The Balaban J connectivity index is 1.69. The molecule has 0 bridgehead atoms. The third-order valence-electron chi connectivity index (χ3n) is 3.91. The van der Waals surface area contributed by atoms with E-state index in [2.05, 4.69) is 25.6 Å². The van der Waals surface area contributed by atoms with E-state index < -0.39 is 0 Å². The molecule has 10 heteroatoms. The highest BCUT2D eigenvalue weighted by Gasteiger charge is 2.17. The summed E-state index contributed by atoms with van der Waals surface area (Å²) < 4.78 is 0. The van der Waals surface area contributed by atoms with Gasteiger partial charge >= 0.3 is 0 Å². The molecule has 0 spiro atoms. The fraction of sp³-hybridized carbons (Fsp3) is 0.222. The van der Waals surface area contributed by atoms with Crippen LogP contribution < -0.4 is 16.4 Å². The van der Waals surface area contributed by atoms with Crippen LogP contribution in [0, 0.1) is 0 Å². The normalized spacial score (nSPS) is 11.9. The first-order valence-electron chi connectivity index (χ1n) is 8.42. The fourth-order valence-corrected chi connectivity index (χ4v) is 3.61. The zero-order valence-corrected chi connectivity index (χ0v) is 17.3. The van der Waals surface area contributed by atoms with Gasteiger partial charge in [-0.15, -0.1) is 11.3 Å². The van der Waals surface area contributed by atoms with Crippen molar-refractivity contribution in [1.29, 1.82) is 0 Å². The van der Waals surface area contributed by atoms with Gasteiger partial charge in [-0.05, 0) is 30.2 Å². The fourth-order valence-electron chi connectivity index (χ4n) is 2.50. The van der Waals surface area contributed by atoms with Crippen molar-refractivity contribution in [3.63, 3.8) is 0 Å². The molecular weight excluding hydrogens is 419 g/mol. The number of anilines is 1. The van der Waals surface area contributed by atoms with E-state index in [-0.39, 0.29) is 18.5 Å². The van der Waals surface area contributed by atoms with E-state index in [1.165, 1.54) is 17.5 Å². The molecule has 0 radical (unpaired) electrons. The summed E-state index contributed by atoms with van der Waals surface area (Å²) in [7, 11) is 1.74. The van der Waals surface area contributed by atoms with Gasteiger partial charge in [-0.1, -0.05) is 29.3 Å². The van der Waals surface area contributed by atoms with Gasteiger partial charge in [-0.2, -0.15) is 0 Å². The Morgan fingerprint density at radius 2 is 2.07 bits per heavy atom. The van der Waals surface area contributed by atoms with Crippen LogP contribution >= 0.6 is 34.5 Å². The standard InChI is InChI=1S/C18H18Cl2N6OS/c1-22-18-23-5-4-14(26-18)17-24-9-15(28-17)16(27)25-11(8-21)6-10-2-3-12(19)13(20)7-10/h2-5,7,9,11H,6,8,21H2,1H3,(H,25,27)(H,22,23,26). The molecule has 4 N–H and O–H groups in total. The van der Waals surface area contributed by atoms with Gasteiger partial charge < -0.3 is 16.4 Å². The van der Waals surface area contributed by atoms with Gasteiger partial charge in [-0.25, -0.2) is 15.0 Å². The van der Waals surface area contributed by atoms with Crippen LogP contribution in [0.2, 0.25) is 10.0 Å². The van der Waals surface area contributed by atoms with Gasteiger partial charge in [0.15, 0.2) is 0 Å². The van der Waals surface area contributed by atoms with Crippen molar-refractivity contribution in [3.8, 4) is 10.7 Å². The molecule has 2 heterocycles. The van der Waals surface area contributed by atoms with Crippen LogP contribution in [0.4, 0.5) is 5.95 Å². The number of benzene rings is 1. The second-order valence-electron chi connectivity index (χ2n) is 5.90. The molecule has 3 aromatic rings. The summed E-state index contributed by atoms with van der Waals surface area (Å²) in [5.41, 5.74) is 7.42. The average Bonchev–Trinajstić information content (AvgIpc) is 3.20. The van der Waals surface area contributed by atoms with Gasteiger partial charge in [-0.3, -0.25) is 4.79 Å². The number of nitrogens with one attached hydrogen (secondary N) is 2. The molecule has 1 unspecified atom stereocenters. The molecule has 0 aliphatic heterocycles. The van der Waals surface area contributed by atoms with Crippen LogP contribution in [0.5, 0.6) is 0 Å². The first-order chi connectivity index (χ1) is 13.5. The minimum Gasteiger partial charge on any atom is -0.357 e. The lowest BCUT2D eigenvalue weighted by molar-refractivity contribution is 0.0942. The number of halogens is 2. The Kier molecular flexibility index (Phi) is 6.79. The van der Waals surface area contributed by atoms with Crippen molar-refractivity contribution in [2.45, 2.75) is 12.5 Å². The molecule has 0 saturated carbocycles. The Labute approximate surface area is 176 Å². The van der Waals surface area contributed by atoms with Crippen molar-refractivity contribution in [2.75, 3.05) is 18.9 Å². The van der Waals surface area contributed by atoms with E-state index in [9.17, 15) is 4.79 Å². The van der Waals surface area contributed by atoms with E-state index >= 15 is 0 Å². The molecule has 7 nitrogen and oxygen atoms in total. The third-order valence-corrected chi connectivity index (χ3v) is 5.67. The van der Waals surface area contributed by atoms with Gasteiger partial charge in [0, 0.05) is 25.8 Å². The Morgan fingerprint density at radius 3 is 2.79 bits per heavy atom. The van der Waals surface area contributed by atoms with Crippen molar-refractivity contribution < 1.29 is 4.79 Å². The van der Waals surface area contributed by atoms with E-state index in [4.69, 9.17) is 28.9 Å². The maximum absolute atomic E-state index is 12.6. The number of hydrogen-bond acceptors (Lipinski definition) is 7. The molecule has 28 heavy (non-hydrogen) atoms. The Morgan fingerprint density at radius 1 is 1.25 bits per heavy atom. The largest absolute Gasteiger partial charge is 0.357 e. The molecule has 1 aromatic carbocycles. The minimum atomic E-state index is -0.245. The average molecular weight is 437 g/mol. The van der Waals surface area contributed by atoms with Crippen LogP contribution in [0.15, 0.2) is 36.7 Å². The van der Waals surface area contributed by atoms with Crippen molar-refractivity contribution >= 4 is 46.4 Å². The molecule has 0 aliphatic rings. The lowest BCUT2D eigenvalue weighted by Crippen LogP contribution is -2.41. The first-order valence-corrected chi connectivity index (χ1v) is 9.99. The smallest absolute Gasteiger partial charge is 0.263 e. The second-order valence-corrected chi connectivity index (χ2v) is 7.75. The molecule has 0 aliphatic carbocycles. The highest BCUT2D eigenvalue weighted by molar-refractivity contribution is 7.16. The number of carbonyl (C=O) groups excluding carboxylic acids is 1. The SMILES string of the molecule is CNc1nccc(-c2ncc(C(=O)NC(CN)Cc3ccc(Cl)c(Cl)c3)s2)n1. The van der Waals surface area contributed by atoms with E-state index in [1.807, 2.05) is 6.07 Å². The number of amides is 1. The summed E-state index contributed by atoms with van der Waals surface area (Å²) in [5, 5.41) is 7.41. The number of aromatic nitrogens is 3. The maximum atomic E-state index is 12.6. The monoisotopic (exact) mass is 436 g/mol. The van der Waals surface area contributed by atoms with Crippen LogP contribution in [-0.4, -0.2) is 40.5 Å². The maximum Gasteiger partial charge on any atom is 0.263 e. The summed E-state index contributed by atoms with van der Waals surface area (Å²) in [6.07, 6.45) is 3.71.